The van der Waals surface area contributed by atoms with Gasteiger partial charge in [-0.2, -0.15) is 0 Å². The van der Waals surface area contributed by atoms with Crippen LogP contribution in [0.3, 0.4) is 0 Å². The Morgan fingerprint density at radius 2 is 1.16 bits per heavy atom. The summed E-state index contributed by atoms with van der Waals surface area (Å²) < 4.78 is 0. The maximum Gasteiger partial charge on any atom is 0.225 e. The van der Waals surface area contributed by atoms with E-state index in [1.165, 1.54) is 6.42 Å². The molecule has 4 fully saturated rings. The molecule has 0 aromatic rings. The average Bonchev–Trinajstić information content (AvgIpc) is 3.37. The van der Waals surface area contributed by atoms with Crippen LogP contribution in [-0.2, 0) is 9.59 Å². The topological polar surface area (TPSA) is 40.6 Å². The van der Waals surface area contributed by atoms with Gasteiger partial charge in [-0.05, 0) is 43.9 Å². The highest BCUT2D eigenvalue weighted by Gasteiger charge is 2.49. The fourth-order valence-electron chi connectivity index (χ4n) is 3.91. The van der Waals surface area contributed by atoms with E-state index in [0.717, 1.165) is 63.7 Å². The summed E-state index contributed by atoms with van der Waals surface area (Å²) in [6, 6.07) is 0. The van der Waals surface area contributed by atoms with Crippen molar-refractivity contribution in [3.05, 3.63) is 0 Å². The van der Waals surface area contributed by atoms with Crippen molar-refractivity contribution in [3.63, 3.8) is 0 Å². The summed E-state index contributed by atoms with van der Waals surface area (Å²) in [6.45, 7) is 3.01. The van der Waals surface area contributed by atoms with Gasteiger partial charge >= 0.3 is 0 Å². The molecule has 2 amide bonds. The second-order valence-corrected chi connectivity index (χ2v) is 6.85. The lowest BCUT2D eigenvalue weighted by molar-refractivity contribution is -0.142. The number of hydrogen-bond acceptors (Lipinski definition) is 2. The Bertz CT molecular complexity index is 400. The third-order valence-electron chi connectivity index (χ3n) is 5.42. The van der Waals surface area contributed by atoms with Crippen LogP contribution in [-0.4, -0.2) is 47.8 Å². The Hall–Kier alpha value is -1.06. The lowest BCUT2D eigenvalue weighted by Gasteiger charge is -2.36. The summed E-state index contributed by atoms with van der Waals surface area (Å²) in [4.78, 5) is 28.3. The van der Waals surface area contributed by atoms with Crippen molar-refractivity contribution in [1.82, 2.24) is 9.80 Å². The van der Waals surface area contributed by atoms with E-state index in [9.17, 15) is 9.59 Å². The van der Waals surface area contributed by atoms with Gasteiger partial charge in [-0.1, -0.05) is 0 Å². The van der Waals surface area contributed by atoms with Gasteiger partial charge in [-0.3, -0.25) is 9.59 Å². The summed E-state index contributed by atoms with van der Waals surface area (Å²) in [5, 5.41) is 0. The molecule has 0 aromatic carbocycles. The van der Waals surface area contributed by atoms with Crippen LogP contribution in [0.2, 0.25) is 0 Å². The molecule has 3 aliphatic carbocycles. The predicted octanol–water partition coefficient (Wildman–Crippen LogP) is 1.11. The van der Waals surface area contributed by atoms with Gasteiger partial charge in [-0.15, -0.1) is 0 Å². The molecule has 104 valence electrons. The quantitative estimate of drug-likeness (QED) is 0.748. The minimum Gasteiger partial charge on any atom is -0.339 e. The Kier molecular flexibility index (Phi) is 2.61. The normalized spacial score (nSPS) is 37.2. The number of rotatable bonds is 2. The van der Waals surface area contributed by atoms with Gasteiger partial charge in [0.25, 0.3) is 0 Å². The third kappa shape index (κ3) is 2.15. The molecule has 4 heteroatoms. The Morgan fingerprint density at radius 1 is 0.684 bits per heavy atom. The lowest BCUT2D eigenvalue weighted by Crippen LogP contribution is -2.52. The van der Waals surface area contributed by atoms with E-state index in [0.29, 0.717) is 23.7 Å². The molecule has 4 nitrogen and oxygen atoms in total. The molecule has 0 aromatic heterocycles. The van der Waals surface area contributed by atoms with Gasteiger partial charge in [0.15, 0.2) is 0 Å². The lowest BCUT2D eigenvalue weighted by atomic mass is 10.0. The van der Waals surface area contributed by atoms with E-state index < -0.39 is 0 Å². The van der Waals surface area contributed by atoms with Crippen molar-refractivity contribution >= 4 is 11.8 Å². The molecular formula is C15H22N2O2. The maximum atomic E-state index is 12.4. The van der Waals surface area contributed by atoms with Crippen LogP contribution in [0.15, 0.2) is 0 Å². The largest absolute Gasteiger partial charge is 0.339 e. The van der Waals surface area contributed by atoms with Crippen LogP contribution in [0.4, 0.5) is 0 Å². The van der Waals surface area contributed by atoms with Gasteiger partial charge in [-0.25, -0.2) is 0 Å². The van der Waals surface area contributed by atoms with E-state index >= 15 is 0 Å². The molecule has 4 rings (SSSR count). The highest BCUT2D eigenvalue weighted by atomic mass is 16.2. The van der Waals surface area contributed by atoms with Crippen molar-refractivity contribution in [2.45, 2.75) is 32.1 Å². The number of carbonyl (C=O) groups excluding carboxylic acids is 2. The van der Waals surface area contributed by atoms with Crippen LogP contribution >= 0.6 is 0 Å². The molecule has 1 aliphatic heterocycles. The monoisotopic (exact) mass is 262 g/mol. The molecule has 0 N–H and O–H groups in total. The first-order chi connectivity index (χ1) is 9.22. The molecule has 3 saturated carbocycles. The predicted molar refractivity (Wildman–Crippen MR) is 70.2 cm³/mol. The Labute approximate surface area is 114 Å². The smallest absolute Gasteiger partial charge is 0.225 e. The van der Waals surface area contributed by atoms with Crippen LogP contribution in [0, 0.1) is 23.7 Å². The standard InChI is InChI=1S/C15H22N2O2/c18-14(10-1-2-10)16-3-5-17(6-4-16)15(19)13-8-11-7-12(11)9-13/h10-13H,1-9H2. The number of piperazine rings is 1. The molecule has 1 heterocycles. The van der Waals surface area contributed by atoms with Crippen molar-refractivity contribution in [1.29, 1.82) is 0 Å². The number of hydrogen-bond donors (Lipinski definition) is 0. The van der Waals surface area contributed by atoms with Crippen LogP contribution in [0.5, 0.6) is 0 Å². The highest BCUT2D eigenvalue weighted by Crippen LogP contribution is 2.54. The fourth-order valence-corrected chi connectivity index (χ4v) is 3.91. The van der Waals surface area contributed by atoms with E-state index in [-0.39, 0.29) is 0 Å². The molecule has 2 atom stereocenters. The van der Waals surface area contributed by atoms with Gasteiger partial charge < -0.3 is 9.80 Å². The Morgan fingerprint density at radius 3 is 1.63 bits per heavy atom. The fraction of sp³-hybridized carbons (Fsp3) is 0.867. The van der Waals surface area contributed by atoms with E-state index in [1.54, 1.807) is 0 Å². The van der Waals surface area contributed by atoms with Gasteiger partial charge in [0.2, 0.25) is 11.8 Å². The molecule has 0 bridgehead atoms. The van der Waals surface area contributed by atoms with Gasteiger partial charge in [0.05, 0.1) is 0 Å². The van der Waals surface area contributed by atoms with E-state index in [2.05, 4.69) is 0 Å². The van der Waals surface area contributed by atoms with E-state index in [4.69, 9.17) is 0 Å². The molecule has 4 aliphatic rings. The Balaban J connectivity index is 1.29. The summed E-state index contributed by atoms with van der Waals surface area (Å²) in [7, 11) is 0. The first-order valence-corrected chi connectivity index (χ1v) is 7.80. The number of amides is 2. The zero-order valence-corrected chi connectivity index (χ0v) is 11.4. The summed E-state index contributed by atoms with van der Waals surface area (Å²) in [6.07, 6.45) is 5.77. The molecule has 0 spiro atoms. The van der Waals surface area contributed by atoms with Crippen molar-refractivity contribution < 1.29 is 9.59 Å². The van der Waals surface area contributed by atoms with Gasteiger partial charge in [0, 0.05) is 38.0 Å². The van der Waals surface area contributed by atoms with Crippen LogP contribution < -0.4 is 0 Å². The first-order valence-electron chi connectivity index (χ1n) is 7.80. The molecule has 1 saturated heterocycles. The molecule has 19 heavy (non-hydrogen) atoms. The van der Waals surface area contributed by atoms with Crippen molar-refractivity contribution in [3.8, 4) is 0 Å². The maximum absolute atomic E-state index is 12.4. The van der Waals surface area contributed by atoms with Crippen molar-refractivity contribution in [2.24, 2.45) is 23.7 Å². The third-order valence-corrected chi connectivity index (χ3v) is 5.42. The zero-order chi connectivity index (χ0) is 13.0. The molecule has 2 unspecified atom stereocenters. The number of carbonyl (C=O) groups is 2. The molecular weight excluding hydrogens is 240 g/mol. The average molecular weight is 262 g/mol. The first kappa shape index (κ1) is 11.7. The summed E-state index contributed by atoms with van der Waals surface area (Å²) in [5.74, 6) is 3.04. The summed E-state index contributed by atoms with van der Waals surface area (Å²) in [5.41, 5.74) is 0. The second-order valence-electron chi connectivity index (χ2n) is 6.85. The van der Waals surface area contributed by atoms with Crippen molar-refractivity contribution in [2.75, 3.05) is 26.2 Å². The van der Waals surface area contributed by atoms with Gasteiger partial charge in [0.1, 0.15) is 0 Å². The zero-order valence-electron chi connectivity index (χ0n) is 11.4. The minimum absolute atomic E-state index is 0.300. The number of nitrogens with zero attached hydrogens (tertiary/aromatic N) is 2. The highest BCUT2D eigenvalue weighted by molar-refractivity contribution is 5.82. The SMILES string of the molecule is O=C(C1CC1)N1CCN(C(=O)C2CC3CC3C2)CC1. The van der Waals surface area contributed by atoms with Crippen LogP contribution in [0.1, 0.15) is 32.1 Å². The number of fused-ring (bicyclic) bond motifs is 1. The second kappa shape index (κ2) is 4.22. The molecule has 0 radical (unpaired) electrons. The van der Waals surface area contributed by atoms with Crippen LogP contribution in [0.25, 0.3) is 0 Å². The minimum atomic E-state index is 0.300. The van der Waals surface area contributed by atoms with E-state index in [1.807, 2.05) is 9.80 Å². The summed E-state index contributed by atoms with van der Waals surface area (Å²) >= 11 is 0.